The lowest BCUT2D eigenvalue weighted by atomic mass is 10.0. The number of imide groups is 1. The molecule has 0 radical (unpaired) electrons. The molecule has 0 aromatic heterocycles. The van der Waals surface area contributed by atoms with Crippen LogP contribution in [0.4, 0.5) is 10.5 Å². The third-order valence-electron chi connectivity index (χ3n) is 5.95. The van der Waals surface area contributed by atoms with Gasteiger partial charge in [-0.25, -0.2) is 4.79 Å². The highest BCUT2D eigenvalue weighted by molar-refractivity contribution is 6.21. The molecule has 1 saturated heterocycles. The van der Waals surface area contributed by atoms with Crippen LogP contribution >= 0.6 is 0 Å². The summed E-state index contributed by atoms with van der Waals surface area (Å²) in [6, 6.07) is 15.1. The van der Waals surface area contributed by atoms with Gasteiger partial charge in [0, 0.05) is 37.9 Å². The molecule has 7 nitrogen and oxygen atoms in total. The number of carbonyl (C=O) groups excluding carboxylic acids is 3. The Hall–Kier alpha value is -3.19. The van der Waals surface area contributed by atoms with Gasteiger partial charge in [0.1, 0.15) is 0 Å². The molecule has 0 atom stereocenters. The number of hydrogen-bond acceptors (Lipinski definition) is 4. The standard InChI is InChI=1S/C25H30N4O3/c1-17(2)15-29-23(30)21-9-8-20(14-22(21)24(29)31)27-25(32)26-19-10-12-28(13-11-19)16-18-6-4-3-5-7-18/h3-9,14,17,19H,10-13,15-16H2,1-2H3,(H2,26,27,32). The number of urea groups is 1. The highest BCUT2D eigenvalue weighted by Crippen LogP contribution is 2.26. The van der Waals surface area contributed by atoms with E-state index in [1.807, 2.05) is 19.9 Å². The van der Waals surface area contributed by atoms with Gasteiger partial charge in [0.2, 0.25) is 0 Å². The third kappa shape index (κ3) is 4.99. The van der Waals surface area contributed by atoms with E-state index in [1.165, 1.54) is 10.5 Å². The first kappa shape index (κ1) is 22.0. The van der Waals surface area contributed by atoms with Crippen molar-refractivity contribution < 1.29 is 14.4 Å². The second-order valence-corrected chi connectivity index (χ2v) is 9.01. The van der Waals surface area contributed by atoms with E-state index in [-0.39, 0.29) is 29.8 Å². The van der Waals surface area contributed by atoms with Gasteiger partial charge in [-0.05, 0) is 42.5 Å². The van der Waals surface area contributed by atoms with Crippen molar-refractivity contribution in [2.75, 3.05) is 25.0 Å². The number of rotatable bonds is 6. The number of nitrogens with zero attached hydrogens (tertiary/aromatic N) is 2. The number of benzene rings is 2. The smallest absolute Gasteiger partial charge is 0.319 e. The number of fused-ring (bicyclic) bond motifs is 1. The van der Waals surface area contributed by atoms with Crippen LogP contribution in [-0.4, -0.2) is 53.3 Å². The molecule has 2 aliphatic rings. The van der Waals surface area contributed by atoms with Crippen molar-refractivity contribution in [3.8, 4) is 0 Å². The first-order valence-electron chi connectivity index (χ1n) is 11.2. The molecular weight excluding hydrogens is 404 g/mol. The molecule has 2 aliphatic heterocycles. The van der Waals surface area contributed by atoms with Crippen molar-refractivity contribution in [1.29, 1.82) is 0 Å². The summed E-state index contributed by atoms with van der Waals surface area (Å²) in [7, 11) is 0. The van der Waals surface area contributed by atoms with Crippen molar-refractivity contribution in [2.45, 2.75) is 39.3 Å². The van der Waals surface area contributed by atoms with Gasteiger partial charge in [-0.2, -0.15) is 0 Å². The summed E-state index contributed by atoms with van der Waals surface area (Å²) in [5, 5.41) is 5.85. The predicted molar refractivity (Wildman–Crippen MR) is 124 cm³/mol. The van der Waals surface area contributed by atoms with Gasteiger partial charge in [-0.1, -0.05) is 44.2 Å². The third-order valence-corrected chi connectivity index (χ3v) is 5.95. The fourth-order valence-electron chi connectivity index (χ4n) is 4.33. The van der Waals surface area contributed by atoms with E-state index in [9.17, 15) is 14.4 Å². The molecule has 0 bridgehead atoms. The van der Waals surface area contributed by atoms with Gasteiger partial charge in [0.05, 0.1) is 11.1 Å². The minimum Gasteiger partial charge on any atom is -0.335 e. The van der Waals surface area contributed by atoms with Crippen LogP contribution in [0, 0.1) is 5.92 Å². The summed E-state index contributed by atoms with van der Waals surface area (Å²) < 4.78 is 0. The van der Waals surface area contributed by atoms with Gasteiger partial charge in [-0.3, -0.25) is 19.4 Å². The molecule has 0 aliphatic carbocycles. The average molecular weight is 435 g/mol. The largest absolute Gasteiger partial charge is 0.335 e. The van der Waals surface area contributed by atoms with Gasteiger partial charge in [0.25, 0.3) is 11.8 Å². The minimum atomic E-state index is -0.298. The zero-order chi connectivity index (χ0) is 22.7. The van der Waals surface area contributed by atoms with Crippen molar-refractivity contribution in [3.63, 3.8) is 0 Å². The van der Waals surface area contributed by atoms with Gasteiger partial charge < -0.3 is 10.6 Å². The topological polar surface area (TPSA) is 81.8 Å². The number of carbonyl (C=O) groups is 3. The number of amides is 4. The monoisotopic (exact) mass is 434 g/mol. The molecule has 32 heavy (non-hydrogen) atoms. The molecule has 0 unspecified atom stereocenters. The highest BCUT2D eigenvalue weighted by atomic mass is 16.2. The fourth-order valence-corrected chi connectivity index (χ4v) is 4.33. The Bertz CT molecular complexity index is 998. The van der Waals surface area contributed by atoms with Crippen LogP contribution < -0.4 is 10.6 Å². The molecule has 0 saturated carbocycles. The molecule has 168 valence electrons. The zero-order valence-electron chi connectivity index (χ0n) is 18.6. The number of anilines is 1. The Morgan fingerprint density at radius 2 is 1.69 bits per heavy atom. The number of nitrogens with one attached hydrogen (secondary N) is 2. The second-order valence-electron chi connectivity index (χ2n) is 9.01. The molecule has 0 spiro atoms. The maximum Gasteiger partial charge on any atom is 0.319 e. The predicted octanol–water partition coefficient (Wildman–Crippen LogP) is 3.72. The van der Waals surface area contributed by atoms with E-state index in [2.05, 4.69) is 39.8 Å². The number of hydrogen-bond donors (Lipinski definition) is 2. The maximum absolute atomic E-state index is 12.6. The lowest BCUT2D eigenvalue weighted by Crippen LogP contribution is -2.45. The van der Waals surface area contributed by atoms with Crippen molar-refractivity contribution in [3.05, 3.63) is 65.2 Å². The Balaban J connectivity index is 1.29. The minimum absolute atomic E-state index is 0.112. The fraction of sp³-hybridized carbons (Fsp3) is 0.400. The molecule has 4 rings (SSSR count). The summed E-state index contributed by atoms with van der Waals surface area (Å²) in [4.78, 5) is 41.3. The van der Waals surface area contributed by atoms with Crippen molar-refractivity contribution >= 4 is 23.5 Å². The SMILES string of the molecule is CC(C)CN1C(=O)c2ccc(NC(=O)NC3CCN(Cc4ccccc4)CC3)cc2C1=O. The second kappa shape index (κ2) is 9.53. The van der Waals surface area contributed by atoms with E-state index < -0.39 is 0 Å². The van der Waals surface area contributed by atoms with Crippen LogP contribution in [0.3, 0.4) is 0 Å². The van der Waals surface area contributed by atoms with E-state index in [0.717, 1.165) is 32.5 Å². The molecule has 2 aromatic carbocycles. The summed E-state index contributed by atoms with van der Waals surface area (Å²) in [5.41, 5.74) is 2.55. The lowest BCUT2D eigenvalue weighted by Gasteiger charge is -2.32. The maximum atomic E-state index is 12.6. The van der Waals surface area contributed by atoms with Gasteiger partial charge in [-0.15, -0.1) is 0 Å². The van der Waals surface area contributed by atoms with E-state index in [0.29, 0.717) is 23.4 Å². The molecule has 2 aromatic rings. The Kier molecular flexibility index (Phi) is 6.55. The van der Waals surface area contributed by atoms with Gasteiger partial charge >= 0.3 is 6.03 Å². The summed E-state index contributed by atoms with van der Waals surface area (Å²) in [5.74, 6) is -0.370. The van der Waals surface area contributed by atoms with E-state index >= 15 is 0 Å². The van der Waals surface area contributed by atoms with Gasteiger partial charge in [0.15, 0.2) is 0 Å². The molecule has 2 heterocycles. The van der Waals surface area contributed by atoms with Crippen LogP contribution in [0.15, 0.2) is 48.5 Å². The Morgan fingerprint density at radius 1 is 1.00 bits per heavy atom. The lowest BCUT2D eigenvalue weighted by molar-refractivity contribution is 0.0636. The summed E-state index contributed by atoms with van der Waals surface area (Å²) in [6.07, 6.45) is 1.78. The molecular formula is C25H30N4O3. The molecule has 2 N–H and O–H groups in total. The van der Waals surface area contributed by atoms with Crippen LogP contribution in [0.2, 0.25) is 0 Å². The average Bonchev–Trinajstić information content (AvgIpc) is 3.00. The van der Waals surface area contributed by atoms with Crippen LogP contribution in [0.5, 0.6) is 0 Å². The first-order valence-corrected chi connectivity index (χ1v) is 11.2. The Morgan fingerprint density at radius 3 is 2.38 bits per heavy atom. The van der Waals surface area contributed by atoms with Crippen LogP contribution in [0.1, 0.15) is 53.0 Å². The van der Waals surface area contributed by atoms with Crippen LogP contribution in [0.25, 0.3) is 0 Å². The number of likely N-dealkylation sites (tertiary alicyclic amines) is 1. The molecule has 7 heteroatoms. The van der Waals surface area contributed by atoms with Crippen LogP contribution in [-0.2, 0) is 6.54 Å². The Labute approximate surface area is 188 Å². The number of piperidine rings is 1. The molecule has 1 fully saturated rings. The quantitative estimate of drug-likeness (QED) is 0.679. The summed E-state index contributed by atoms with van der Waals surface area (Å²) in [6.45, 7) is 7.11. The first-order chi connectivity index (χ1) is 15.4. The summed E-state index contributed by atoms with van der Waals surface area (Å²) >= 11 is 0. The van der Waals surface area contributed by atoms with E-state index in [1.54, 1.807) is 18.2 Å². The molecule has 4 amide bonds. The highest BCUT2D eigenvalue weighted by Gasteiger charge is 2.35. The van der Waals surface area contributed by atoms with Crippen molar-refractivity contribution in [2.24, 2.45) is 5.92 Å². The van der Waals surface area contributed by atoms with E-state index in [4.69, 9.17) is 0 Å². The van der Waals surface area contributed by atoms with Crippen molar-refractivity contribution in [1.82, 2.24) is 15.1 Å². The zero-order valence-corrected chi connectivity index (χ0v) is 18.6. The normalized spacial score (nSPS) is 17.0.